The molecule has 0 fully saturated rings. The molecule has 70 valence electrons. The van der Waals surface area contributed by atoms with Gasteiger partial charge in [0.1, 0.15) is 12.0 Å². The summed E-state index contributed by atoms with van der Waals surface area (Å²) >= 11 is 0. The molecule has 0 aliphatic carbocycles. The van der Waals surface area contributed by atoms with E-state index in [1.807, 2.05) is 30.3 Å². The molecule has 2 N–H and O–H groups in total. The second-order valence-electron chi connectivity index (χ2n) is 2.77. The summed E-state index contributed by atoms with van der Waals surface area (Å²) in [4.78, 5) is 14.7. The Balaban J connectivity index is 2.39. The van der Waals surface area contributed by atoms with Crippen molar-refractivity contribution in [3.63, 3.8) is 0 Å². The van der Waals surface area contributed by atoms with Crippen LogP contribution in [-0.4, -0.2) is 10.9 Å². The Morgan fingerprint density at radius 2 is 2.00 bits per heavy atom. The van der Waals surface area contributed by atoms with Gasteiger partial charge in [-0.25, -0.2) is 4.98 Å². The van der Waals surface area contributed by atoms with Crippen LogP contribution < -0.4 is 5.73 Å². The summed E-state index contributed by atoms with van der Waals surface area (Å²) < 4.78 is 4.89. The van der Waals surface area contributed by atoms with Gasteiger partial charge in [0.2, 0.25) is 0 Å². The van der Waals surface area contributed by atoms with Gasteiger partial charge in [-0.15, -0.1) is 0 Å². The van der Waals surface area contributed by atoms with E-state index in [1.54, 1.807) is 0 Å². The Labute approximate surface area is 80.4 Å². The summed E-state index contributed by atoms with van der Waals surface area (Å²) in [5.74, 6) is -0.726. The van der Waals surface area contributed by atoms with E-state index in [9.17, 15) is 4.79 Å². The zero-order valence-corrected chi connectivity index (χ0v) is 7.31. The fourth-order valence-electron chi connectivity index (χ4n) is 1.13. The average Bonchev–Trinajstić information content (AvgIpc) is 2.68. The quantitative estimate of drug-likeness (QED) is 0.775. The van der Waals surface area contributed by atoms with Crippen LogP contribution >= 0.6 is 0 Å². The van der Waals surface area contributed by atoms with Gasteiger partial charge in [0, 0.05) is 5.56 Å². The van der Waals surface area contributed by atoms with Crippen molar-refractivity contribution in [3.8, 4) is 11.3 Å². The largest absolute Gasteiger partial charge is 0.440 e. The summed E-state index contributed by atoms with van der Waals surface area (Å²) in [5, 5.41) is 0. The van der Waals surface area contributed by atoms with Crippen molar-refractivity contribution in [1.82, 2.24) is 4.98 Å². The van der Waals surface area contributed by atoms with Crippen molar-refractivity contribution in [3.05, 3.63) is 42.5 Å². The number of primary amides is 1. The summed E-state index contributed by atoms with van der Waals surface area (Å²) in [6.07, 6.45) is 1.41. The molecule has 1 heterocycles. The Kier molecular flexibility index (Phi) is 2.02. The number of carbonyl (C=O) groups excluding carboxylic acids is 1. The molecule has 4 heteroatoms. The lowest BCUT2D eigenvalue weighted by Gasteiger charge is -1.91. The van der Waals surface area contributed by atoms with Gasteiger partial charge in [-0.05, 0) is 0 Å². The average molecular weight is 188 g/mol. The van der Waals surface area contributed by atoms with Crippen molar-refractivity contribution in [2.75, 3.05) is 0 Å². The van der Waals surface area contributed by atoms with Gasteiger partial charge in [0.05, 0.1) is 0 Å². The van der Waals surface area contributed by atoms with Crippen LogP contribution in [0.5, 0.6) is 0 Å². The van der Waals surface area contributed by atoms with E-state index < -0.39 is 5.91 Å². The second kappa shape index (κ2) is 3.33. The zero-order valence-electron chi connectivity index (χ0n) is 7.31. The molecule has 4 nitrogen and oxygen atoms in total. The molecule has 0 bridgehead atoms. The molecule has 2 aromatic rings. The normalized spacial score (nSPS) is 10.0. The van der Waals surface area contributed by atoms with Crippen molar-refractivity contribution in [2.24, 2.45) is 5.73 Å². The lowest BCUT2D eigenvalue weighted by atomic mass is 10.2. The number of nitrogens with two attached hydrogens (primary N) is 1. The third-order valence-electron chi connectivity index (χ3n) is 1.78. The molecule has 0 saturated carbocycles. The second-order valence-corrected chi connectivity index (χ2v) is 2.77. The molecule has 0 aliphatic rings. The van der Waals surface area contributed by atoms with E-state index in [4.69, 9.17) is 10.2 Å². The predicted molar refractivity (Wildman–Crippen MR) is 50.5 cm³/mol. The van der Waals surface area contributed by atoms with E-state index in [0.29, 0.717) is 5.69 Å². The van der Waals surface area contributed by atoms with Crippen LogP contribution in [0.25, 0.3) is 11.3 Å². The third-order valence-corrected chi connectivity index (χ3v) is 1.78. The van der Waals surface area contributed by atoms with Crippen LogP contribution in [0.3, 0.4) is 0 Å². The number of rotatable bonds is 2. The van der Waals surface area contributed by atoms with E-state index in [0.717, 1.165) is 5.56 Å². The van der Waals surface area contributed by atoms with Crippen LogP contribution in [0, 0.1) is 0 Å². The van der Waals surface area contributed by atoms with Gasteiger partial charge in [0.15, 0.2) is 0 Å². The van der Waals surface area contributed by atoms with E-state index >= 15 is 0 Å². The summed E-state index contributed by atoms with van der Waals surface area (Å²) in [6.45, 7) is 0. The molecular weight excluding hydrogens is 180 g/mol. The van der Waals surface area contributed by atoms with Gasteiger partial charge in [-0.1, -0.05) is 30.3 Å². The molecular formula is C10H8N2O2. The maximum absolute atomic E-state index is 10.7. The number of aromatic nitrogens is 1. The number of benzene rings is 1. The molecule has 2 rings (SSSR count). The van der Waals surface area contributed by atoms with Crippen LogP contribution in [0.1, 0.15) is 10.7 Å². The Hall–Kier alpha value is -2.10. The number of carbonyl (C=O) groups is 1. The molecule has 0 radical (unpaired) electrons. The molecule has 0 atom stereocenters. The highest BCUT2D eigenvalue weighted by Gasteiger charge is 2.09. The highest BCUT2D eigenvalue weighted by molar-refractivity contribution is 5.88. The fourth-order valence-corrected chi connectivity index (χ4v) is 1.13. The molecule has 0 spiro atoms. The number of amides is 1. The Bertz CT molecular complexity index is 448. The predicted octanol–water partition coefficient (Wildman–Crippen LogP) is 1.44. The van der Waals surface area contributed by atoms with Crippen LogP contribution in [0.2, 0.25) is 0 Å². The summed E-state index contributed by atoms with van der Waals surface area (Å²) in [7, 11) is 0. The minimum absolute atomic E-state index is 0.0659. The van der Waals surface area contributed by atoms with Crippen LogP contribution in [0.4, 0.5) is 0 Å². The lowest BCUT2D eigenvalue weighted by molar-refractivity contribution is 0.0967. The first-order chi connectivity index (χ1) is 6.77. The van der Waals surface area contributed by atoms with Crippen molar-refractivity contribution >= 4 is 5.91 Å². The number of oxazole rings is 1. The third kappa shape index (κ3) is 1.50. The number of nitrogens with zero attached hydrogens (tertiary/aromatic N) is 1. The van der Waals surface area contributed by atoms with Crippen molar-refractivity contribution < 1.29 is 9.21 Å². The first-order valence-electron chi connectivity index (χ1n) is 4.08. The molecule has 1 amide bonds. The highest BCUT2D eigenvalue weighted by atomic mass is 16.3. The standard InChI is InChI=1S/C10H8N2O2/c11-9(13)10-12-8(6-14-10)7-4-2-1-3-5-7/h1-6H,(H2,11,13). The molecule has 0 saturated heterocycles. The van der Waals surface area contributed by atoms with Gasteiger partial charge in [-0.3, -0.25) is 4.79 Å². The summed E-state index contributed by atoms with van der Waals surface area (Å²) in [6, 6.07) is 9.42. The van der Waals surface area contributed by atoms with Crippen LogP contribution in [-0.2, 0) is 0 Å². The van der Waals surface area contributed by atoms with E-state index in [1.165, 1.54) is 6.26 Å². The van der Waals surface area contributed by atoms with E-state index in [-0.39, 0.29) is 5.89 Å². The first kappa shape index (κ1) is 8.50. The monoisotopic (exact) mass is 188 g/mol. The highest BCUT2D eigenvalue weighted by Crippen LogP contribution is 2.17. The van der Waals surface area contributed by atoms with Crippen LogP contribution in [0.15, 0.2) is 41.0 Å². The first-order valence-corrected chi connectivity index (χ1v) is 4.08. The van der Waals surface area contributed by atoms with Crippen molar-refractivity contribution in [2.45, 2.75) is 0 Å². The summed E-state index contributed by atoms with van der Waals surface area (Å²) in [5.41, 5.74) is 6.51. The molecule has 0 unspecified atom stereocenters. The SMILES string of the molecule is NC(=O)c1nc(-c2ccccc2)co1. The molecule has 1 aromatic heterocycles. The number of hydrogen-bond acceptors (Lipinski definition) is 3. The van der Waals surface area contributed by atoms with Crippen molar-refractivity contribution in [1.29, 1.82) is 0 Å². The Morgan fingerprint density at radius 3 is 2.57 bits per heavy atom. The lowest BCUT2D eigenvalue weighted by Crippen LogP contribution is -2.10. The van der Waals surface area contributed by atoms with E-state index in [2.05, 4.69) is 4.98 Å². The maximum atomic E-state index is 10.7. The topological polar surface area (TPSA) is 69.1 Å². The Morgan fingerprint density at radius 1 is 1.29 bits per heavy atom. The molecule has 1 aromatic carbocycles. The number of hydrogen-bond donors (Lipinski definition) is 1. The smallest absolute Gasteiger partial charge is 0.304 e. The zero-order chi connectivity index (χ0) is 9.97. The van der Waals surface area contributed by atoms with Gasteiger partial charge in [0.25, 0.3) is 5.89 Å². The molecule has 14 heavy (non-hydrogen) atoms. The molecule has 0 aliphatic heterocycles. The maximum Gasteiger partial charge on any atom is 0.304 e. The van der Waals surface area contributed by atoms with Gasteiger partial charge < -0.3 is 10.2 Å². The fraction of sp³-hybridized carbons (Fsp3) is 0. The minimum Gasteiger partial charge on any atom is -0.440 e. The minimum atomic E-state index is -0.660. The van der Waals surface area contributed by atoms with Gasteiger partial charge >= 0.3 is 5.91 Å². The van der Waals surface area contributed by atoms with Gasteiger partial charge in [-0.2, -0.15) is 0 Å².